The van der Waals surface area contributed by atoms with E-state index in [0.717, 1.165) is 12.1 Å². The molecule has 6 nitrogen and oxygen atoms in total. The van der Waals surface area contributed by atoms with E-state index in [-0.39, 0.29) is 10.5 Å². The second-order valence-corrected chi connectivity index (χ2v) is 7.23. The van der Waals surface area contributed by atoms with Gasteiger partial charge in [-0.25, -0.2) is 12.8 Å². The summed E-state index contributed by atoms with van der Waals surface area (Å²) in [5, 5.41) is 2.58. The summed E-state index contributed by atoms with van der Waals surface area (Å²) in [4.78, 5) is 13.8. The van der Waals surface area contributed by atoms with Crippen LogP contribution in [0, 0.1) is 5.82 Å². The fourth-order valence-electron chi connectivity index (χ4n) is 2.04. The number of benzene rings is 1. The van der Waals surface area contributed by atoms with Crippen LogP contribution in [0.25, 0.3) is 0 Å². The molecule has 0 atom stereocenters. The van der Waals surface area contributed by atoms with Crippen LogP contribution in [-0.2, 0) is 10.0 Å². The summed E-state index contributed by atoms with van der Waals surface area (Å²) in [5.74, 6) is -1.37. The maximum absolute atomic E-state index is 13.9. The lowest BCUT2D eigenvalue weighted by atomic mass is 10.2. The second kappa shape index (κ2) is 8.37. The average molecular weight is 345 g/mol. The van der Waals surface area contributed by atoms with E-state index >= 15 is 0 Å². The van der Waals surface area contributed by atoms with Crippen LogP contribution < -0.4 is 5.32 Å². The highest BCUT2D eigenvalue weighted by molar-refractivity contribution is 7.89. The smallest absolute Gasteiger partial charge is 0.254 e. The predicted molar refractivity (Wildman–Crippen MR) is 87.4 cm³/mol. The van der Waals surface area contributed by atoms with Crippen molar-refractivity contribution in [2.45, 2.75) is 18.7 Å². The van der Waals surface area contributed by atoms with Crippen LogP contribution >= 0.6 is 0 Å². The topological polar surface area (TPSA) is 69.7 Å². The lowest BCUT2D eigenvalue weighted by Gasteiger charge is -2.19. The first-order valence-corrected chi connectivity index (χ1v) is 8.90. The molecule has 130 valence electrons. The Hall–Kier alpha value is -1.51. The van der Waals surface area contributed by atoms with Crippen LogP contribution in [0.5, 0.6) is 0 Å². The molecule has 8 heteroatoms. The molecule has 0 aliphatic heterocycles. The molecule has 23 heavy (non-hydrogen) atoms. The number of hydrogen-bond donors (Lipinski definition) is 1. The van der Waals surface area contributed by atoms with Crippen molar-refractivity contribution >= 4 is 15.9 Å². The van der Waals surface area contributed by atoms with Gasteiger partial charge in [-0.3, -0.25) is 4.79 Å². The van der Waals surface area contributed by atoms with Gasteiger partial charge in [0.2, 0.25) is 10.0 Å². The average Bonchev–Trinajstić information content (AvgIpc) is 2.47. The van der Waals surface area contributed by atoms with Gasteiger partial charge < -0.3 is 10.2 Å². The molecule has 1 amide bonds. The summed E-state index contributed by atoms with van der Waals surface area (Å²) < 4.78 is 40.0. The highest BCUT2D eigenvalue weighted by Crippen LogP contribution is 2.19. The van der Waals surface area contributed by atoms with E-state index < -0.39 is 21.7 Å². The number of carbonyl (C=O) groups is 1. The molecule has 0 saturated heterocycles. The van der Waals surface area contributed by atoms with Crippen molar-refractivity contribution < 1.29 is 17.6 Å². The summed E-state index contributed by atoms with van der Waals surface area (Å²) in [6.45, 7) is 5.00. The van der Waals surface area contributed by atoms with Crippen LogP contribution in [0.15, 0.2) is 23.1 Å². The van der Waals surface area contributed by atoms with Gasteiger partial charge in [-0.2, -0.15) is 4.31 Å². The van der Waals surface area contributed by atoms with Crippen LogP contribution in [-0.4, -0.2) is 63.8 Å². The van der Waals surface area contributed by atoms with Gasteiger partial charge in [0.1, 0.15) is 5.82 Å². The monoisotopic (exact) mass is 345 g/mol. The number of rotatable bonds is 8. The number of amides is 1. The Kier molecular flexibility index (Phi) is 7.11. The maximum Gasteiger partial charge on any atom is 0.254 e. The third-order valence-electron chi connectivity index (χ3n) is 3.37. The molecular weight excluding hydrogens is 321 g/mol. The first-order valence-electron chi connectivity index (χ1n) is 7.46. The Morgan fingerprint density at radius 1 is 1.22 bits per heavy atom. The van der Waals surface area contributed by atoms with Crippen molar-refractivity contribution in [3.8, 4) is 0 Å². The third kappa shape index (κ3) is 4.98. The van der Waals surface area contributed by atoms with Crippen LogP contribution in [0.2, 0.25) is 0 Å². The SMILES string of the molecule is CCN(CC)S(=O)(=O)c1ccc(F)c(C(=O)NCCN(C)C)c1. The Morgan fingerprint density at radius 3 is 2.35 bits per heavy atom. The highest BCUT2D eigenvalue weighted by Gasteiger charge is 2.24. The zero-order chi connectivity index (χ0) is 17.6. The van der Waals surface area contributed by atoms with Gasteiger partial charge in [-0.1, -0.05) is 13.8 Å². The molecule has 0 spiro atoms. The minimum Gasteiger partial charge on any atom is -0.351 e. The van der Waals surface area contributed by atoms with Crippen molar-refractivity contribution in [1.29, 1.82) is 0 Å². The van der Waals surface area contributed by atoms with E-state index in [0.29, 0.717) is 26.2 Å². The molecule has 0 bridgehead atoms. The van der Waals surface area contributed by atoms with Crippen LogP contribution in [0.1, 0.15) is 24.2 Å². The van der Waals surface area contributed by atoms with Crippen molar-refractivity contribution in [1.82, 2.24) is 14.5 Å². The minimum atomic E-state index is -3.73. The fraction of sp³-hybridized carbons (Fsp3) is 0.533. The molecule has 0 aliphatic carbocycles. The molecule has 1 aromatic carbocycles. The maximum atomic E-state index is 13.9. The van der Waals surface area contributed by atoms with Crippen molar-refractivity contribution in [2.24, 2.45) is 0 Å². The van der Waals surface area contributed by atoms with E-state index in [1.165, 1.54) is 10.4 Å². The zero-order valence-corrected chi connectivity index (χ0v) is 14.8. The molecule has 1 aromatic rings. The van der Waals surface area contributed by atoms with E-state index in [9.17, 15) is 17.6 Å². The Bertz CT molecular complexity index is 643. The van der Waals surface area contributed by atoms with Gasteiger partial charge in [0.15, 0.2) is 0 Å². The number of nitrogens with one attached hydrogen (secondary N) is 1. The lowest BCUT2D eigenvalue weighted by Crippen LogP contribution is -2.33. The normalized spacial score (nSPS) is 12.0. The van der Waals surface area contributed by atoms with Crippen LogP contribution in [0.3, 0.4) is 0 Å². The molecule has 1 rings (SSSR count). The van der Waals surface area contributed by atoms with Gasteiger partial charge in [0.25, 0.3) is 5.91 Å². The standard InChI is InChI=1S/C15H24FN3O3S/c1-5-19(6-2)23(21,22)12-7-8-14(16)13(11-12)15(20)17-9-10-18(3)4/h7-8,11H,5-6,9-10H2,1-4H3,(H,17,20). The molecule has 0 unspecified atom stereocenters. The van der Waals surface area contributed by atoms with Crippen molar-refractivity contribution in [2.75, 3.05) is 40.3 Å². The van der Waals surface area contributed by atoms with E-state index in [1.807, 2.05) is 19.0 Å². The lowest BCUT2D eigenvalue weighted by molar-refractivity contribution is 0.0947. The molecule has 0 heterocycles. The van der Waals surface area contributed by atoms with Gasteiger partial charge in [-0.15, -0.1) is 0 Å². The number of halogens is 1. The summed E-state index contributed by atoms with van der Waals surface area (Å²) in [6.07, 6.45) is 0. The van der Waals surface area contributed by atoms with Gasteiger partial charge in [0.05, 0.1) is 10.5 Å². The van der Waals surface area contributed by atoms with E-state index in [1.54, 1.807) is 13.8 Å². The third-order valence-corrected chi connectivity index (χ3v) is 5.42. The molecule has 0 saturated carbocycles. The van der Waals surface area contributed by atoms with Gasteiger partial charge in [0, 0.05) is 26.2 Å². The molecule has 1 N–H and O–H groups in total. The molecule has 0 aromatic heterocycles. The Morgan fingerprint density at radius 2 is 1.83 bits per heavy atom. The van der Waals surface area contributed by atoms with Gasteiger partial charge in [-0.05, 0) is 32.3 Å². The largest absolute Gasteiger partial charge is 0.351 e. The quantitative estimate of drug-likeness (QED) is 0.767. The summed E-state index contributed by atoms with van der Waals surface area (Å²) in [5.41, 5.74) is -0.267. The van der Waals surface area contributed by atoms with Gasteiger partial charge >= 0.3 is 0 Å². The summed E-state index contributed by atoms with van der Waals surface area (Å²) >= 11 is 0. The molecular formula is C15H24FN3O3S. The highest BCUT2D eigenvalue weighted by atomic mass is 32.2. The van der Waals surface area contributed by atoms with E-state index in [2.05, 4.69) is 5.32 Å². The Balaban J connectivity index is 3.06. The van der Waals surface area contributed by atoms with E-state index in [4.69, 9.17) is 0 Å². The first-order chi connectivity index (χ1) is 10.7. The zero-order valence-electron chi connectivity index (χ0n) is 14.0. The second-order valence-electron chi connectivity index (χ2n) is 5.29. The number of hydrogen-bond acceptors (Lipinski definition) is 4. The van der Waals surface area contributed by atoms with Crippen LogP contribution in [0.4, 0.5) is 4.39 Å². The molecule has 0 fully saturated rings. The number of sulfonamides is 1. The number of likely N-dealkylation sites (N-methyl/N-ethyl adjacent to an activating group) is 1. The summed E-state index contributed by atoms with van der Waals surface area (Å²) in [7, 11) is -0.0271. The number of nitrogens with zero attached hydrogens (tertiary/aromatic N) is 2. The molecule has 0 aliphatic rings. The fourth-order valence-corrected chi connectivity index (χ4v) is 3.52. The Labute approximate surface area is 137 Å². The van der Waals surface area contributed by atoms with Crippen molar-refractivity contribution in [3.05, 3.63) is 29.6 Å². The first kappa shape index (κ1) is 19.5. The van der Waals surface area contributed by atoms with Crippen molar-refractivity contribution in [3.63, 3.8) is 0 Å². The number of carbonyl (C=O) groups excluding carboxylic acids is 1. The summed E-state index contributed by atoms with van der Waals surface area (Å²) in [6, 6.07) is 3.28. The predicted octanol–water partition coefficient (Wildman–Crippen LogP) is 1.15. The molecule has 0 radical (unpaired) electrons. The minimum absolute atomic E-state index is 0.0830.